The summed E-state index contributed by atoms with van der Waals surface area (Å²) in [7, 11) is 0. The van der Waals surface area contributed by atoms with Crippen molar-refractivity contribution < 1.29 is 14.7 Å². The van der Waals surface area contributed by atoms with Crippen molar-refractivity contribution in [3.63, 3.8) is 0 Å². The third kappa shape index (κ3) is 3.56. The highest BCUT2D eigenvalue weighted by Crippen LogP contribution is 2.28. The quantitative estimate of drug-likeness (QED) is 0.871. The minimum absolute atomic E-state index is 0.0178. The van der Waals surface area contributed by atoms with Crippen LogP contribution >= 0.6 is 11.3 Å². The van der Waals surface area contributed by atoms with Gasteiger partial charge in [-0.2, -0.15) is 0 Å². The van der Waals surface area contributed by atoms with Crippen LogP contribution in [0.4, 0.5) is 0 Å². The summed E-state index contributed by atoms with van der Waals surface area (Å²) >= 11 is 1.52. The van der Waals surface area contributed by atoms with E-state index in [0.717, 1.165) is 11.3 Å². The molecule has 2 rings (SSSR count). The maximum atomic E-state index is 12.0. The number of thiophene rings is 1. The number of hydrogen-bond acceptors (Lipinski definition) is 3. The Hall–Kier alpha value is -1.36. The van der Waals surface area contributed by atoms with Gasteiger partial charge < -0.3 is 10.4 Å². The molecular formula is C14H19NO3S. The summed E-state index contributed by atoms with van der Waals surface area (Å²) in [5, 5.41) is 11.7. The summed E-state index contributed by atoms with van der Waals surface area (Å²) in [5.74, 6) is -0.544. The van der Waals surface area contributed by atoms with Gasteiger partial charge in [-0.05, 0) is 37.3 Å². The van der Waals surface area contributed by atoms with Gasteiger partial charge in [-0.15, -0.1) is 11.3 Å². The minimum atomic E-state index is -0.763. The maximum Gasteiger partial charge on any atom is 0.306 e. The molecule has 0 radical (unpaired) electrons. The van der Waals surface area contributed by atoms with E-state index >= 15 is 0 Å². The molecule has 0 aromatic carbocycles. The van der Waals surface area contributed by atoms with Crippen molar-refractivity contribution in [3.8, 4) is 0 Å². The van der Waals surface area contributed by atoms with E-state index in [0.29, 0.717) is 18.8 Å². The lowest BCUT2D eigenvalue weighted by Gasteiger charge is -2.32. The van der Waals surface area contributed by atoms with Crippen molar-refractivity contribution in [2.45, 2.75) is 39.2 Å². The zero-order valence-electron chi connectivity index (χ0n) is 11.2. The van der Waals surface area contributed by atoms with Gasteiger partial charge in [0.2, 0.25) is 0 Å². The predicted molar refractivity (Wildman–Crippen MR) is 74.5 cm³/mol. The fourth-order valence-corrected chi connectivity index (χ4v) is 3.33. The van der Waals surface area contributed by atoms with Crippen molar-refractivity contribution in [2.24, 2.45) is 11.8 Å². The van der Waals surface area contributed by atoms with Gasteiger partial charge in [0.1, 0.15) is 0 Å². The molecule has 1 aromatic heterocycles. The first-order valence-corrected chi connectivity index (χ1v) is 7.39. The SMILES string of the molecule is CC(C)Cc1ccc(C(=O)NC2CC(C(=O)O)C2)s1. The maximum absolute atomic E-state index is 12.0. The topological polar surface area (TPSA) is 66.4 Å². The van der Waals surface area contributed by atoms with Crippen molar-refractivity contribution >= 4 is 23.2 Å². The Kier molecular flexibility index (Phi) is 4.24. The van der Waals surface area contributed by atoms with E-state index in [1.54, 1.807) is 0 Å². The van der Waals surface area contributed by atoms with Crippen molar-refractivity contribution in [1.29, 1.82) is 0 Å². The summed E-state index contributed by atoms with van der Waals surface area (Å²) in [4.78, 5) is 24.6. The first kappa shape index (κ1) is 14.1. The summed E-state index contributed by atoms with van der Waals surface area (Å²) < 4.78 is 0. The predicted octanol–water partition coefficient (Wildman–Crippen LogP) is 2.54. The van der Waals surface area contributed by atoms with E-state index < -0.39 is 5.97 Å². The lowest BCUT2D eigenvalue weighted by Crippen LogP contribution is -2.46. The van der Waals surface area contributed by atoms with Crippen LogP contribution < -0.4 is 5.32 Å². The molecule has 1 heterocycles. The van der Waals surface area contributed by atoms with Crippen LogP contribution in [0.15, 0.2) is 12.1 Å². The molecule has 1 aliphatic carbocycles. The molecule has 4 nitrogen and oxygen atoms in total. The van der Waals surface area contributed by atoms with Crippen molar-refractivity contribution in [2.75, 3.05) is 0 Å². The Bertz CT molecular complexity index is 475. The van der Waals surface area contributed by atoms with Gasteiger partial charge >= 0.3 is 5.97 Å². The summed E-state index contributed by atoms with van der Waals surface area (Å²) in [5.41, 5.74) is 0. The lowest BCUT2D eigenvalue weighted by molar-refractivity contribution is -0.145. The number of rotatable bonds is 5. The molecule has 19 heavy (non-hydrogen) atoms. The zero-order valence-corrected chi connectivity index (χ0v) is 12.0. The number of carbonyl (C=O) groups excluding carboxylic acids is 1. The molecule has 0 unspecified atom stereocenters. The van der Waals surface area contributed by atoms with Crippen LogP contribution in [0.1, 0.15) is 41.2 Å². The highest BCUT2D eigenvalue weighted by Gasteiger charge is 2.35. The van der Waals surface area contributed by atoms with Gasteiger partial charge in [0.05, 0.1) is 10.8 Å². The number of carboxylic acids is 1. The van der Waals surface area contributed by atoms with Gasteiger partial charge in [-0.1, -0.05) is 13.8 Å². The number of carboxylic acid groups (broad SMARTS) is 1. The lowest BCUT2D eigenvalue weighted by atomic mass is 9.80. The molecule has 1 aromatic rings. The van der Waals surface area contributed by atoms with E-state index in [-0.39, 0.29) is 17.9 Å². The first-order valence-electron chi connectivity index (χ1n) is 6.58. The van der Waals surface area contributed by atoms with Crippen LogP contribution in [0.2, 0.25) is 0 Å². The van der Waals surface area contributed by atoms with Crippen molar-refractivity contribution in [3.05, 3.63) is 21.9 Å². The molecule has 104 valence electrons. The largest absolute Gasteiger partial charge is 0.481 e. The molecule has 1 aliphatic rings. The smallest absolute Gasteiger partial charge is 0.306 e. The zero-order chi connectivity index (χ0) is 14.0. The molecular weight excluding hydrogens is 262 g/mol. The van der Waals surface area contributed by atoms with Crippen LogP contribution in [0.3, 0.4) is 0 Å². The van der Waals surface area contributed by atoms with Gasteiger partial charge in [-0.25, -0.2) is 0 Å². The summed E-state index contributed by atoms with van der Waals surface area (Å²) in [6.07, 6.45) is 2.08. The minimum Gasteiger partial charge on any atom is -0.481 e. The van der Waals surface area contributed by atoms with E-state index in [1.165, 1.54) is 16.2 Å². The third-order valence-corrected chi connectivity index (χ3v) is 4.42. The Morgan fingerprint density at radius 2 is 2.11 bits per heavy atom. The molecule has 0 spiro atoms. The Morgan fingerprint density at radius 3 is 2.68 bits per heavy atom. The molecule has 0 aliphatic heterocycles. The third-order valence-electron chi connectivity index (χ3n) is 3.32. The highest BCUT2D eigenvalue weighted by atomic mass is 32.1. The second-order valence-electron chi connectivity index (χ2n) is 5.54. The van der Waals surface area contributed by atoms with Gasteiger partial charge in [-0.3, -0.25) is 9.59 Å². The molecule has 0 saturated heterocycles. The Morgan fingerprint density at radius 1 is 1.42 bits per heavy atom. The van der Waals surface area contributed by atoms with Crippen molar-refractivity contribution in [1.82, 2.24) is 5.32 Å². The standard InChI is InChI=1S/C14H19NO3S/c1-8(2)5-11-3-4-12(19-11)13(16)15-10-6-9(7-10)14(17)18/h3-4,8-10H,5-7H2,1-2H3,(H,15,16)(H,17,18). The number of amides is 1. The second-order valence-corrected chi connectivity index (χ2v) is 6.71. The average molecular weight is 281 g/mol. The molecule has 1 fully saturated rings. The molecule has 5 heteroatoms. The normalized spacial score (nSPS) is 22.1. The van der Waals surface area contributed by atoms with Crippen LogP contribution in [-0.2, 0) is 11.2 Å². The first-order chi connectivity index (χ1) is 8.95. The summed E-state index contributed by atoms with van der Waals surface area (Å²) in [6, 6.07) is 3.87. The van der Waals surface area contributed by atoms with Gasteiger partial charge in [0.15, 0.2) is 0 Å². The van der Waals surface area contributed by atoms with E-state index in [9.17, 15) is 9.59 Å². The monoisotopic (exact) mass is 281 g/mol. The van der Waals surface area contributed by atoms with Crippen LogP contribution in [0, 0.1) is 11.8 Å². The number of hydrogen-bond donors (Lipinski definition) is 2. The van der Waals surface area contributed by atoms with Crippen LogP contribution in [-0.4, -0.2) is 23.0 Å². The molecule has 0 atom stereocenters. The summed E-state index contributed by atoms with van der Waals surface area (Å²) in [6.45, 7) is 4.31. The molecule has 0 bridgehead atoms. The molecule has 1 saturated carbocycles. The van der Waals surface area contributed by atoms with E-state index in [4.69, 9.17) is 5.11 Å². The van der Waals surface area contributed by atoms with Gasteiger partial charge in [0, 0.05) is 10.9 Å². The highest BCUT2D eigenvalue weighted by molar-refractivity contribution is 7.14. The number of carbonyl (C=O) groups is 2. The number of nitrogens with one attached hydrogen (secondary N) is 1. The fraction of sp³-hybridized carbons (Fsp3) is 0.571. The molecule has 2 N–H and O–H groups in total. The Labute approximate surface area is 116 Å². The van der Waals surface area contributed by atoms with E-state index in [1.807, 2.05) is 12.1 Å². The fourth-order valence-electron chi connectivity index (χ4n) is 2.21. The average Bonchev–Trinajstić information content (AvgIpc) is 2.69. The number of aliphatic carboxylic acids is 1. The Balaban J connectivity index is 1.84. The molecule has 1 amide bonds. The van der Waals surface area contributed by atoms with Gasteiger partial charge in [0.25, 0.3) is 5.91 Å². The van der Waals surface area contributed by atoms with E-state index in [2.05, 4.69) is 19.2 Å². The van der Waals surface area contributed by atoms with Crippen LogP contribution in [0.5, 0.6) is 0 Å². The second kappa shape index (κ2) is 5.74. The van der Waals surface area contributed by atoms with Crippen LogP contribution in [0.25, 0.3) is 0 Å².